The van der Waals surface area contributed by atoms with Crippen molar-refractivity contribution in [3.63, 3.8) is 0 Å². The van der Waals surface area contributed by atoms with Crippen LogP contribution in [0.25, 0.3) is 0 Å². The molecule has 1 aliphatic carbocycles. The van der Waals surface area contributed by atoms with Gasteiger partial charge in [-0.25, -0.2) is 4.79 Å². The molecule has 2 aromatic rings. The molecule has 10 heteroatoms. The Morgan fingerprint density at radius 1 is 1.05 bits per heavy atom. The summed E-state index contributed by atoms with van der Waals surface area (Å²) in [6.07, 6.45) is 0.552. The maximum Gasteiger partial charge on any atom is 0.339 e. The van der Waals surface area contributed by atoms with Crippen LogP contribution in [0.3, 0.4) is 0 Å². The summed E-state index contributed by atoms with van der Waals surface area (Å²) in [6, 6.07) is 9.70. The number of nitrogens with one attached hydrogen (secondary N) is 1. The van der Waals surface area contributed by atoms with E-state index in [2.05, 4.69) is 5.32 Å². The van der Waals surface area contributed by atoms with Gasteiger partial charge in [0, 0.05) is 44.0 Å². The van der Waals surface area contributed by atoms with Crippen molar-refractivity contribution in [1.82, 2.24) is 0 Å². The molecule has 192 valence electrons. The first-order valence-corrected chi connectivity index (χ1v) is 12.9. The molecule has 0 radical (unpaired) electrons. The van der Waals surface area contributed by atoms with E-state index in [1.165, 1.54) is 0 Å². The first-order valence-electron chi connectivity index (χ1n) is 11.7. The van der Waals surface area contributed by atoms with Gasteiger partial charge in [-0.1, -0.05) is 48.7 Å². The number of esters is 1. The van der Waals surface area contributed by atoms with E-state index in [9.17, 15) is 14.4 Å². The summed E-state index contributed by atoms with van der Waals surface area (Å²) in [4.78, 5) is 43.3. The Bertz CT molecular complexity index is 1440. The van der Waals surface area contributed by atoms with Crippen LogP contribution in [-0.4, -0.2) is 24.3 Å². The largest absolute Gasteiger partial charge is 0.462 e. The highest BCUT2D eigenvalue weighted by molar-refractivity contribution is 6.35. The number of carbonyl (C=O) groups excluding carboxylic acids is 3. The summed E-state index contributed by atoms with van der Waals surface area (Å²) in [7, 11) is 0. The van der Waals surface area contributed by atoms with Crippen LogP contribution < -0.4 is 16.0 Å². The van der Waals surface area contributed by atoms with Crippen molar-refractivity contribution in [2.24, 2.45) is 11.1 Å². The molecule has 2 aromatic carbocycles. The third kappa shape index (κ3) is 3.83. The number of Topliss-reactive ketones (excluding diaryl/α,β-unsaturated/α-hetero) is 1. The number of nitrogens with two attached hydrogens (primary N) is 1. The first-order chi connectivity index (χ1) is 17.4. The number of hydrogen-bond acceptors (Lipinski definition) is 6. The second-order valence-electron chi connectivity index (χ2n) is 10.1. The number of benzene rings is 2. The number of fused-ring (bicyclic) bond motifs is 3. The molecular weight excluding hydrogens is 537 g/mol. The summed E-state index contributed by atoms with van der Waals surface area (Å²) in [5.41, 5.74) is 6.28. The Labute approximate surface area is 229 Å². The van der Waals surface area contributed by atoms with Crippen LogP contribution in [0, 0.1) is 5.41 Å². The summed E-state index contributed by atoms with van der Waals surface area (Å²) in [5.74, 6) is -1.71. The zero-order chi connectivity index (χ0) is 26.9. The van der Waals surface area contributed by atoms with Gasteiger partial charge in [0.1, 0.15) is 16.8 Å². The smallest absolute Gasteiger partial charge is 0.339 e. The number of carbonyl (C=O) groups is 3. The van der Waals surface area contributed by atoms with Crippen LogP contribution in [0.4, 0.5) is 11.4 Å². The quantitative estimate of drug-likeness (QED) is 0.465. The Morgan fingerprint density at radius 2 is 1.73 bits per heavy atom. The van der Waals surface area contributed by atoms with Crippen molar-refractivity contribution < 1.29 is 19.1 Å². The molecule has 0 saturated heterocycles. The van der Waals surface area contributed by atoms with E-state index in [0.717, 1.165) is 0 Å². The molecule has 0 saturated carbocycles. The lowest BCUT2D eigenvalue weighted by atomic mass is 9.60. The van der Waals surface area contributed by atoms with Crippen molar-refractivity contribution in [2.75, 3.05) is 16.8 Å². The van der Waals surface area contributed by atoms with Gasteiger partial charge in [-0.05, 0) is 55.2 Å². The number of anilines is 2. The van der Waals surface area contributed by atoms with E-state index in [1.54, 1.807) is 48.2 Å². The van der Waals surface area contributed by atoms with E-state index < -0.39 is 22.7 Å². The van der Waals surface area contributed by atoms with Gasteiger partial charge in [0.2, 0.25) is 5.91 Å². The Balaban J connectivity index is 1.94. The van der Waals surface area contributed by atoms with Crippen molar-refractivity contribution in [2.45, 2.75) is 39.0 Å². The molecule has 1 spiro atoms. The second-order valence-corrected chi connectivity index (χ2v) is 11.4. The summed E-state index contributed by atoms with van der Waals surface area (Å²) < 4.78 is 5.42. The molecule has 2 aliphatic heterocycles. The highest BCUT2D eigenvalue weighted by Gasteiger charge is 2.63. The summed E-state index contributed by atoms with van der Waals surface area (Å²) >= 11 is 19.0. The van der Waals surface area contributed by atoms with Crippen molar-refractivity contribution in [1.29, 1.82) is 0 Å². The molecule has 1 amide bonds. The summed E-state index contributed by atoms with van der Waals surface area (Å²) in [5, 5.41) is 3.86. The fourth-order valence-electron chi connectivity index (χ4n) is 5.67. The predicted octanol–water partition coefficient (Wildman–Crippen LogP) is 5.73. The van der Waals surface area contributed by atoms with E-state index in [4.69, 9.17) is 45.3 Å². The number of hydrogen-bond donors (Lipinski definition) is 2. The van der Waals surface area contributed by atoms with Crippen molar-refractivity contribution in [3.8, 4) is 0 Å². The van der Waals surface area contributed by atoms with Gasteiger partial charge in [0.25, 0.3) is 0 Å². The molecule has 3 aliphatic rings. The number of ether oxygens (including phenoxy) is 1. The number of rotatable bonds is 3. The molecule has 7 nitrogen and oxygen atoms in total. The number of amides is 1. The number of allylic oxidation sites excluding steroid dienone is 1. The van der Waals surface area contributed by atoms with Crippen LogP contribution >= 0.6 is 34.8 Å². The second kappa shape index (κ2) is 8.79. The molecule has 37 heavy (non-hydrogen) atoms. The Kier molecular flexibility index (Phi) is 6.09. The average Bonchev–Trinajstić information content (AvgIpc) is 3.03. The fourth-order valence-corrected chi connectivity index (χ4v) is 6.36. The minimum atomic E-state index is -1.83. The fraction of sp³-hybridized carbons (Fsp3) is 0.296. The van der Waals surface area contributed by atoms with Gasteiger partial charge in [0.15, 0.2) is 5.78 Å². The molecule has 0 aromatic heterocycles. The number of halogens is 3. The van der Waals surface area contributed by atoms with Crippen molar-refractivity contribution in [3.05, 3.63) is 79.7 Å². The van der Waals surface area contributed by atoms with Gasteiger partial charge < -0.3 is 15.8 Å². The molecule has 1 unspecified atom stereocenters. The van der Waals surface area contributed by atoms with Gasteiger partial charge >= 0.3 is 5.97 Å². The van der Waals surface area contributed by atoms with Crippen LogP contribution in [0.1, 0.15) is 39.2 Å². The van der Waals surface area contributed by atoms with Crippen LogP contribution in [0.5, 0.6) is 0 Å². The van der Waals surface area contributed by atoms with Crippen LogP contribution in [0.15, 0.2) is 59.1 Å². The minimum Gasteiger partial charge on any atom is -0.462 e. The molecular formula is C27H24Cl3N3O4. The molecule has 3 N–H and O–H groups in total. The molecule has 1 atom stereocenters. The summed E-state index contributed by atoms with van der Waals surface area (Å²) in [6.45, 7) is 5.61. The van der Waals surface area contributed by atoms with Crippen LogP contribution in [-0.2, 0) is 24.5 Å². The highest BCUT2D eigenvalue weighted by atomic mass is 35.5. The maximum absolute atomic E-state index is 14.0. The molecule has 0 bridgehead atoms. The molecule has 0 fully saturated rings. The number of nitrogens with zero attached hydrogens (tertiary/aromatic N) is 1. The van der Waals surface area contributed by atoms with Crippen LogP contribution in [0.2, 0.25) is 15.1 Å². The zero-order valence-corrected chi connectivity index (χ0v) is 22.6. The van der Waals surface area contributed by atoms with E-state index in [-0.39, 0.29) is 35.8 Å². The van der Waals surface area contributed by atoms with Gasteiger partial charge in [0.05, 0.1) is 12.3 Å². The topological polar surface area (TPSA) is 102 Å². The Morgan fingerprint density at radius 3 is 2.38 bits per heavy atom. The van der Waals surface area contributed by atoms with Gasteiger partial charge in [-0.15, -0.1) is 0 Å². The minimum absolute atomic E-state index is 0.0333. The molecule has 5 rings (SSSR count). The third-order valence-corrected chi connectivity index (χ3v) is 7.60. The third-order valence-electron chi connectivity index (χ3n) is 6.93. The normalized spacial score (nSPS) is 22.3. The maximum atomic E-state index is 14.0. The standard InChI is InChI=1S/C27H24Cl3N3O4/c1-4-37-24(35)22-23(31)33(16-8-14(29)7-15(30)9-16)19-11-26(2,3)12-20(34)21(19)27(22)17-10-13(28)5-6-18(17)32-25(27)36/h5-10H,4,11-12,31H2,1-3H3,(H,32,36). The van der Waals surface area contributed by atoms with E-state index in [0.29, 0.717) is 44.1 Å². The average molecular weight is 561 g/mol. The zero-order valence-electron chi connectivity index (χ0n) is 20.4. The van der Waals surface area contributed by atoms with Gasteiger partial charge in [-0.3, -0.25) is 14.5 Å². The lowest BCUT2D eigenvalue weighted by Crippen LogP contribution is -2.54. The first kappa shape index (κ1) is 25.6. The number of ketones is 1. The van der Waals surface area contributed by atoms with E-state index >= 15 is 0 Å². The van der Waals surface area contributed by atoms with Gasteiger partial charge in [-0.2, -0.15) is 0 Å². The molecule has 2 heterocycles. The highest BCUT2D eigenvalue weighted by Crippen LogP contribution is 2.58. The Hall–Kier alpha value is -3.00. The predicted molar refractivity (Wildman–Crippen MR) is 144 cm³/mol. The monoisotopic (exact) mass is 559 g/mol. The van der Waals surface area contributed by atoms with E-state index in [1.807, 2.05) is 13.8 Å². The van der Waals surface area contributed by atoms with Crippen molar-refractivity contribution >= 4 is 63.8 Å². The lowest BCUT2D eigenvalue weighted by Gasteiger charge is -2.47. The lowest BCUT2D eigenvalue weighted by molar-refractivity contribution is -0.140. The SMILES string of the molecule is CCOC(=O)C1=C(N)N(c2cc(Cl)cc(Cl)c2)C2=C(C(=O)CC(C)(C)C2)C12C(=O)Nc1ccc(Cl)cc12.